The van der Waals surface area contributed by atoms with Crippen molar-refractivity contribution in [1.82, 2.24) is 9.88 Å². The number of likely N-dealkylation sites (tertiary alicyclic amines) is 1. The monoisotopic (exact) mass is 466 g/mol. The highest BCUT2D eigenvalue weighted by molar-refractivity contribution is 7.13. The van der Waals surface area contributed by atoms with Crippen LogP contribution < -0.4 is 0 Å². The number of ether oxygens (including phenoxy) is 1. The maximum atomic E-state index is 12.9. The molecular weight excluding hydrogens is 440 g/mol. The van der Waals surface area contributed by atoms with E-state index in [-0.39, 0.29) is 12.0 Å². The Hall–Kier alpha value is -3.44. The molecular formula is C29H26N2O2S. The van der Waals surface area contributed by atoms with Crippen molar-refractivity contribution in [2.24, 2.45) is 0 Å². The molecule has 2 heterocycles. The van der Waals surface area contributed by atoms with Crippen molar-refractivity contribution in [2.45, 2.75) is 24.7 Å². The Morgan fingerprint density at radius 2 is 1.50 bits per heavy atom. The van der Waals surface area contributed by atoms with Crippen LogP contribution in [-0.4, -0.2) is 35.7 Å². The average molecular weight is 467 g/mol. The smallest absolute Gasteiger partial charge is 0.409 e. The quantitative estimate of drug-likeness (QED) is 0.327. The van der Waals surface area contributed by atoms with E-state index in [0.29, 0.717) is 25.6 Å². The zero-order valence-corrected chi connectivity index (χ0v) is 19.7. The molecule has 0 N–H and O–H groups in total. The summed E-state index contributed by atoms with van der Waals surface area (Å²) in [5.74, 6) is 0.492. The van der Waals surface area contributed by atoms with Crippen LogP contribution in [0.1, 0.15) is 41.5 Å². The van der Waals surface area contributed by atoms with Crippen molar-refractivity contribution >= 4 is 17.4 Å². The number of piperidine rings is 1. The second-order valence-electron chi connectivity index (χ2n) is 9.01. The molecule has 1 aliphatic heterocycles. The van der Waals surface area contributed by atoms with Crippen molar-refractivity contribution in [1.29, 1.82) is 0 Å². The predicted molar refractivity (Wildman–Crippen MR) is 136 cm³/mol. The molecule has 1 aliphatic carbocycles. The van der Waals surface area contributed by atoms with Gasteiger partial charge in [-0.1, -0.05) is 78.9 Å². The fraction of sp³-hybridized carbons (Fsp3) is 0.241. The van der Waals surface area contributed by atoms with Gasteiger partial charge < -0.3 is 9.64 Å². The van der Waals surface area contributed by atoms with Gasteiger partial charge in [0.05, 0.1) is 5.69 Å². The van der Waals surface area contributed by atoms with Crippen LogP contribution in [0.15, 0.2) is 84.2 Å². The number of nitrogens with zero attached hydrogens (tertiary/aromatic N) is 2. The number of aromatic nitrogens is 1. The fourth-order valence-electron chi connectivity index (χ4n) is 5.23. The van der Waals surface area contributed by atoms with Gasteiger partial charge in [0.25, 0.3) is 0 Å². The number of hydrogen-bond donors (Lipinski definition) is 0. The number of rotatable bonds is 4. The highest BCUT2D eigenvalue weighted by Gasteiger charge is 2.31. The minimum absolute atomic E-state index is 0.0975. The predicted octanol–water partition coefficient (Wildman–Crippen LogP) is 6.94. The Balaban J connectivity index is 1.07. The lowest BCUT2D eigenvalue weighted by molar-refractivity contribution is 0.0902. The summed E-state index contributed by atoms with van der Waals surface area (Å²) < 4.78 is 5.86. The number of hydrogen-bond acceptors (Lipinski definition) is 4. The molecule has 34 heavy (non-hydrogen) atoms. The van der Waals surface area contributed by atoms with Crippen molar-refractivity contribution in [3.63, 3.8) is 0 Å². The van der Waals surface area contributed by atoms with Gasteiger partial charge >= 0.3 is 6.09 Å². The zero-order chi connectivity index (χ0) is 22.9. The van der Waals surface area contributed by atoms with Gasteiger partial charge in [0, 0.05) is 35.9 Å². The third-order valence-corrected chi connectivity index (χ3v) is 7.96. The molecule has 4 nitrogen and oxygen atoms in total. The second kappa shape index (κ2) is 9.07. The van der Waals surface area contributed by atoms with Crippen molar-refractivity contribution < 1.29 is 9.53 Å². The van der Waals surface area contributed by atoms with Crippen molar-refractivity contribution in [2.75, 3.05) is 19.7 Å². The molecule has 4 aromatic rings. The summed E-state index contributed by atoms with van der Waals surface area (Å²) in [4.78, 5) is 19.6. The molecule has 0 saturated carbocycles. The normalized spacial score (nSPS) is 15.7. The van der Waals surface area contributed by atoms with E-state index in [4.69, 9.17) is 9.72 Å². The van der Waals surface area contributed by atoms with Crippen LogP contribution >= 0.6 is 11.3 Å². The lowest BCUT2D eigenvalue weighted by atomic mass is 9.94. The lowest BCUT2D eigenvalue weighted by Gasteiger charge is -2.31. The van der Waals surface area contributed by atoms with E-state index in [2.05, 4.69) is 66.0 Å². The van der Waals surface area contributed by atoms with Gasteiger partial charge in [0.1, 0.15) is 11.6 Å². The molecule has 0 radical (unpaired) electrons. The number of benzene rings is 3. The molecule has 0 unspecified atom stereocenters. The van der Waals surface area contributed by atoms with E-state index in [1.807, 2.05) is 23.1 Å². The number of thiazole rings is 1. The topological polar surface area (TPSA) is 42.4 Å². The Morgan fingerprint density at radius 1 is 0.882 bits per heavy atom. The molecule has 5 heteroatoms. The Bertz CT molecular complexity index is 1260. The first-order valence-electron chi connectivity index (χ1n) is 11.9. The van der Waals surface area contributed by atoms with Crippen LogP contribution in [-0.2, 0) is 4.74 Å². The molecule has 1 aromatic heterocycles. The number of fused-ring (bicyclic) bond motifs is 3. The van der Waals surface area contributed by atoms with Crippen LogP contribution in [0.5, 0.6) is 0 Å². The van der Waals surface area contributed by atoms with Gasteiger partial charge in [-0.05, 0) is 35.1 Å². The van der Waals surface area contributed by atoms with Crippen LogP contribution in [0.25, 0.3) is 21.7 Å². The molecule has 0 spiro atoms. The summed E-state index contributed by atoms with van der Waals surface area (Å²) in [5, 5.41) is 3.24. The molecule has 6 rings (SSSR count). The molecule has 3 aromatic carbocycles. The van der Waals surface area contributed by atoms with Crippen molar-refractivity contribution in [3.8, 4) is 21.7 Å². The first-order valence-corrected chi connectivity index (χ1v) is 12.8. The van der Waals surface area contributed by atoms with Crippen LogP contribution in [0.3, 0.4) is 0 Å². The van der Waals surface area contributed by atoms with E-state index in [1.165, 1.54) is 22.3 Å². The largest absolute Gasteiger partial charge is 0.448 e. The molecule has 170 valence electrons. The SMILES string of the molecule is O=C(OCC1c2ccccc2-c2ccccc21)N1CCC(c2csc(-c3ccccc3)n2)CC1. The van der Waals surface area contributed by atoms with E-state index < -0.39 is 0 Å². The van der Waals surface area contributed by atoms with Gasteiger partial charge in [-0.3, -0.25) is 0 Å². The highest BCUT2D eigenvalue weighted by Crippen LogP contribution is 2.44. The average Bonchev–Trinajstić information content (AvgIpc) is 3.52. The Labute approximate surface area is 203 Å². The fourth-order valence-corrected chi connectivity index (χ4v) is 6.14. The Morgan fingerprint density at radius 3 is 2.18 bits per heavy atom. The van der Waals surface area contributed by atoms with Crippen LogP contribution in [0.2, 0.25) is 0 Å². The minimum atomic E-state index is -0.205. The summed E-state index contributed by atoms with van der Waals surface area (Å²) in [6.45, 7) is 1.79. The van der Waals surface area contributed by atoms with Gasteiger partial charge in [0.15, 0.2) is 0 Å². The molecule has 1 amide bonds. The summed E-state index contributed by atoms with van der Waals surface area (Å²) >= 11 is 1.70. The number of amides is 1. The molecule has 1 fully saturated rings. The lowest BCUT2D eigenvalue weighted by Crippen LogP contribution is -2.38. The van der Waals surface area contributed by atoms with Crippen molar-refractivity contribution in [3.05, 3.63) is 101 Å². The molecule has 2 aliphatic rings. The van der Waals surface area contributed by atoms with Crippen LogP contribution in [0.4, 0.5) is 4.79 Å². The van der Waals surface area contributed by atoms with E-state index in [9.17, 15) is 4.79 Å². The summed E-state index contributed by atoms with van der Waals surface area (Å²) in [6, 6.07) is 27.2. The molecule has 0 bridgehead atoms. The van der Waals surface area contributed by atoms with E-state index >= 15 is 0 Å². The first kappa shape index (κ1) is 21.1. The van der Waals surface area contributed by atoms with Crippen LogP contribution in [0, 0.1) is 0 Å². The third kappa shape index (κ3) is 3.90. The summed E-state index contributed by atoms with van der Waals surface area (Å²) in [5.41, 5.74) is 7.29. The number of carbonyl (C=O) groups excluding carboxylic acids is 1. The molecule has 0 atom stereocenters. The number of carbonyl (C=O) groups is 1. The van der Waals surface area contributed by atoms with E-state index in [0.717, 1.165) is 29.1 Å². The summed E-state index contributed by atoms with van der Waals surface area (Å²) in [7, 11) is 0. The second-order valence-corrected chi connectivity index (χ2v) is 9.87. The standard InChI is InChI=1S/C29H26N2O2S/c32-29(33-18-26-24-12-6-4-10-22(24)23-11-5-7-13-25(23)26)31-16-14-20(15-17-31)27-19-34-28(30-27)21-8-2-1-3-9-21/h1-13,19-20,26H,14-18H2. The zero-order valence-electron chi connectivity index (χ0n) is 18.9. The first-order chi connectivity index (χ1) is 16.8. The third-order valence-electron chi connectivity index (χ3n) is 7.05. The maximum absolute atomic E-state index is 12.9. The van der Waals surface area contributed by atoms with Gasteiger partial charge in [-0.15, -0.1) is 11.3 Å². The minimum Gasteiger partial charge on any atom is -0.448 e. The van der Waals surface area contributed by atoms with Gasteiger partial charge in [-0.25, -0.2) is 9.78 Å². The highest BCUT2D eigenvalue weighted by atomic mass is 32.1. The van der Waals surface area contributed by atoms with Gasteiger partial charge in [-0.2, -0.15) is 0 Å². The summed E-state index contributed by atoms with van der Waals surface area (Å²) in [6.07, 6.45) is 1.63. The Kier molecular flexibility index (Phi) is 5.63. The molecule has 1 saturated heterocycles. The maximum Gasteiger partial charge on any atom is 0.409 e. The van der Waals surface area contributed by atoms with E-state index in [1.54, 1.807) is 11.3 Å². The van der Waals surface area contributed by atoms with Gasteiger partial charge in [0.2, 0.25) is 0 Å².